The number of likely N-dealkylation sites (N-methyl/N-ethyl adjacent to an activating group) is 1. The van der Waals surface area contributed by atoms with Gasteiger partial charge < -0.3 is 24.7 Å². The maximum Gasteiger partial charge on any atom is 0.133 e. The Bertz CT molecular complexity index is 863. The lowest BCUT2D eigenvalue weighted by atomic mass is 9.80. The largest absolute Gasteiger partial charge is 0.376 e. The molecule has 0 bridgehead atoms. The number of fused-ring (bicyclic) bond motifs is 2. The minimum Gasteiger partial charge on any atom is -0.376 e. The van der Waals surface area contributed by atoms with E-state index < -0.39 is 18.6 Å². The highest BCUT2D eigenvalue weighted by Crippen LogP contribution is 2.42. The van der Waals surface area contributed by atoms with Crippen LogP contribution in [0.3, 0.4) is 0 Å². The second-order valence-corrected chi connectivity index (χ2v) is 11.3. The third-order valence-electron chi connectivity index (χ3n) is 8.75. The Labute approximate surface area is 209 Å². The number of alkyl halides is 1. The first-order valence-electron chi connectivity index (χ1n) is 13.5. The molecule has 3 fully saturated rings. The Morgan fingerprint density at radius 1 is 1.09 bits per heavy atom. The van der Waals surface area contributed by atoms with E-state index in [1.54, 1.807) is 4.90 Å². The highest BCUT2D eigenvalue weighted by Gasteiger charge is 2.49. The van der Waals surface area contributed by atoms with E-state index in [0.29, 0.717) is 12.8 Å². The lowest BCUT2D eigenvalue weighted by molar-refractivity contribution is -0.119. The third-order valence-corrected chi connectivity index (χ3v) is 8.75. The average molecular weight is 491 g/mol. The molecule has 3 heterocycles. The fourth-order valence-electron chi connectivity index (χ4n) is 6.77. The minimum atomic E-state index is -0.775. The molecular weight excluding hydrogens is 447 g/mol. The van der Waals surface area contributed by atoms with Gasteiger partial charge in [0.25, 0.3) is 0 Å². The van der Waals surface area contributed by atoms with E-state index in [2.05, 4.69) is 32.9 Å². The first-order chi connectivity index (χ1) is 16.8. The molecular formula is C27H43FN4O3. The van der Waals surface area contributed by atoms with Gasteiger partial charge >= 0.3 is 0 Å². The zero-order chi connectivity index (χ0) is 24.7. The topological polar surface area (TPSA) is 62.7 Å². The number of benzene rings is 1. The van der Waals surface area contributed by atoms with Gasteiger partial charge in [0.2, 0.25) is 0 Å². The fraction of sp³-hybridized carbons (Fsp3) is 0.778. The molecule has 8 heteroatoms. The van der Waals surface area contributed by atoms with Crippen molar-refractivity contribution in [1.29, 1.82) is 0 Å². The smallest absolute Gasteiger partial charge is 0.133 e. The summed E-state index contributed by atoms with van der Waals surface area (Å²) < 4.78 is 21.0. The molecule has 7 nitrogen and oxygen atoms in total. The van der Waals surface area contributed by atoms with Crippen LogP contribution in [0.15, 0.2) is 18.2 Å². The van der Waals surface area contributed by atoms with Gasteiger partial charge in [-0.1, -0.05) is 12.1 Å². The number of hydrogen-bond donors (Lipinski definition) is 2. The lowest BCUT2D eigenvalue weighted by Gasteiger charge is -2.45. The highest BCUT2D eigenvalue weighted by molar-refractivity contribution is 5.59. The van der Waals surface area contributed by atoms with Crippen molar-refractivity contribution in [3.63, 3.8) is 0 Å². The van der Waals surface area contributed by atoms with Crippen molar-refractivity contribution >= 4 is 5.69 Å². The van der Waals surface area contributed by atoms with E-state index in [1.165, 1.54) is 16.8 Å². The number of halogens is 1. The molecule has 4 aliphatic rings. The van der Waals surface area contributed by atoms with E-state index >= 15 is 0 Å². The maximum absolute atomic E-state index is 14.7. The maximum atomic E-state index is 14.7. The van der Waals surface area contributed by atoms with Crippen LogP contribution in [0.5, 0.6) is 0 Å². The third kappa shape index (κ3) is 5.38. The van der Waals surface area contributed by atoms with Gasteiger partial charge in [-0.15, -0.1) is 0 Å². The van der Waals surface area contributed by atoms with Crippen LogP contribution < -0.4 is 4.90 Å². The van der Waals surface area contributed by atoms with Gasteiger partial charge in [-0.05, 0) is 76.2 Å². The van der Waals surface area contributed by atoms with Gasteiger partial charge in [0.05, 0.1) is 12.2 Å². The van der Waals surface area contributed by atoms with E-state index in [-0.39, 0.29) is 24.2 Å². The first kappa shape index (κ1) is 25.4. The average Bonchev–Trinajstić information content (AvgIpc) is 3.46. The molecule has 1 aromatic rings. The zero-order valence-corrected chi connectivity index (χ0v) is 21.5. The Hall–Kier alpha value is -1.29. The van der Waals surface area contributed by atoms with E-state index in [9.17, 15) is 14.6 Å². The van der Waals surface area contributed by atoms with Crippen LogP contribution in [-0.2, 0) is 17.6 Å². The molecule has 196 valence electrons. The van der Waals surface area contributed by atoms with E-state index in [1.807, 2.05) is 21.0 Å². The summed E-state index contributed by atoms with van der Waals surface area (Å²) in [5.74, 6) is 0.200. The second kappa shape index (κ2) is 10.6. The van der Waals surface area contributed by atoms with Gasteiger partial charge in [0, 0.05) is 51.0 Å². The SMILES string of the molecule is CC(O)N1CCc2cc(CCN3CCN(C4CC(F)CC5CC(C(O)N(C)C)OC54)CC3)ccc21. The molecule has 1 aromatic carbocycles. The standard InChI is InChI=1S/C27H43FN4O3/c1-18(33)32-9-7-20-14-19(4-5-23(20)32)6-8-30-10-12-31(13-11-30)24-17-22(28)15-21-16-25(35-26(21)24)27(34)29(2)3/h4-5,14,18,21-22,24-27,33-34H,6-13,15-17H2,1-3H3. The lowest BCUT2D eigenvalue weighted by Crippen LogP contribution is -2.57. The van der Waals surface area contributed by atoms with Crippen molar-refractivity contribution in [2.24, 2.45) is 5.92 Å². The van der Waals surface area contributed by atoms with Crippen LogP contribution >= 0.6 is 0 Å². The summed E-state index contributed by atoms with van der Waals surface area (Å²) in [4.78, 5) is 8.82. The molecule has 35 heavy (non-hydrogen) atoms. The van der Waals surface area contributed by atoms with Gasteiger partial charge in [0.1, 0.15) is 18.6 Å². The number of aliphatic hydroxyl groups is 2. The Balaban J connectivity index is 1.13. The van der Waals surface area contributed by atoms with Crippen molar-refractivity contribution in [3.8, 4) is 0 Å². The number of nitrogens with zero attached hydrogens (tertiary/aromatic N) is 4. The molecule has 7 unspecified atom stereocenters. The van der Waals surface area contributed by atoms with Crippen molar-refractivity contribution in [2.75, 3.05) is 58.3 Å². The Morgan fingerprint density at radius 3 is 2.57 bits per heavy atom. The summed E-state index contributed by atoms with van der Waals surface area (Å²) in [5.41, 5.74) is 3.87. The van der Waals surface area contributed by atoms with Crippen LogP contribution in [0.1, 0.15) is 37.3 Å². The minimum absolute atomic E-state index is 0.0285. The van der Waals surface area contributed by atoms with Gasteiger partial charge in [-0.3, -0.25) is 9.80 Å². The van der Waals surface area contributed by atoms with Crippen molar-refractivity contribution in [3.05, 3.63) is 29.3 Å². The number of anilines is 1. The summed E-state index contributed by atoms with van der Waals surface area (Å²) in [5, 5.41) is 20.4. The van der Waals surface area contributed by atoms with E-state index in [0.717, 1.165) is 58.5 Å². The normalized spacial score (nSPS) is 33.7. The van der Waals surface area contributed by atoms with Crippen molar-refractivity contribution < 1.29 is 19.3 Å². The monoisotopic (exact) mass is 490 g/mol. The molecule has 0 aromatic heterocycles. The van der Waals surface area contributed by atoms with Crippen LogP contribution in [-0.4, -0.2) is 115 Å². The quantitative estimate of drug-likeness (QED) is 0.564. The van der Waals surface area contributed by atoms with Gasteiger partial charge in [-0.2, -0.15) is 0 Å². The molecule has 1 saturated carbocycles. The van der Waals surface area contributed by atoms with Crippen LogP contribution in [0.4, 0.5) is 10.1 Å². The zero-order valence-electron chi connectivity index (χ0n) is 21.5. The van der Waals surface area contributed by atoms with E-state index in [4.69, 9.17) is 4.74 Å². The predicted molar refractivity (Wildman–Crippen MR) is 135 cm³/mol. The number of piperazine rings is 1. The number of rotatable bonds is 7. The molecule has 2 N–H and O–H groups in total. The summed E-state index contributed by atoms with van der Waals surface area (Å²) in [6.07, 6.45) is 1.83. The summed E-state index contributed by atoms with van der Waals surface area (Å²) >= 11 is 0. The molecule has 5 rings (SSSR count). The molecule has 7 atom stereocenters. The molecule has 3 aliphatic heterocycles. The number of ether oxygens (including phenoxy) is 1. The van der Waals surface area contributed by atoms with Crippen LogP contribution in [0, 0.1) is 5.92 Å². The first-order valence-corrected chi connectivity index (χ1v) is 13.5. The Kier molecular flexibility index (Phi) is 7.68. The summed E-state index contributed by atoms with van der Waals surface area (Å²) in [6, 6.07) is 6.79. The highest BCUT2D eigenvalue weighted by atomic mass is 19.1. The van der Waals surface area contributed by atoms with Gasteiger partial charge in [0.15, 0.2) is 0 Å². The molecule has 0 radical (unpaired) electrons. The predicted octanol–water partition coefficient (Wildman–Crippen LogP) is 1.70. The molecule has 0 spiro atoms. The number of hydrogen-bond acceptors (Lipinski definition) is 7. The van der Waals surface area contributed by atoms with Crippen molar-refractivity contribution in [1.82, 2.24) is 14.7 Å². The second-order valence-electron chi connectivity index (χ2n) is 11.3. The molecule has 0 amide bonds. The fourth-order valence-corrected chi connectivity index (χ4v) is 6.77. The van der Waals surface area contributed by atoms with Gasteiger partial charge in [-0.25, -0.2) is 4.39 Å². The summed E-state index contributed by atoms with van der Waals surface area (Å²) in [6.45, 7) is 7.62. The Morgan fingerprint density at radius 2 is 1.86 bits per heavy atom. The van der Waals surface area contributed by atoms with Crippen LogP contribution in [0.25, 0.3) is 0 Å². The van der Waals surface area contributed by atoms with Crippen molar-refractivity contribution in [2.45, 2.75) is 75.9 Å². The number of aliphatic hydroxyl groups excluding tert-OH is 2. The molecule has 1 aliphatic carbocycles. The summed E-state index contributed by atoms with van der Waals surface area (Å²) in [7, 11) is 3.72. The molecule has 2 saturated heterocycles. The van der Waals surface area contributed by atoms with Crippen LogP contribution in [0.2, 0.25) is 0 Å².